The molecule has 0 spiro atoms. The molecule has 146 valence electrons. The molecular weight excluding hydrogens is 373 g/mol. The predicted molar refractivity (Wildman–Crippen MR) is 94.8 cm³/mol. The van der Waals surface area contributed by atoms with Crippen molar-refractivity contribution in [1.29, 1.82) is 0 Å². The van der Waals surface area contributed by atoms with Gasteiger partial charge in [0.15, 0.2) is 11.3 Å². The molecule has 1 aliphatic heterocycles. The maximum absolute atomic E-state index is 13.2. The average Bonchev–Trinajstić information content (AvgIpc) is 2.70. The van der Waals surface area contributed by atoms with E-state index in [9.17, 15) is 18.0 Å². The number of pyridine rings is 1. The van der Waals surface area contributed by atoms with E-state index < -0.39 is 11.9 Å². The standard InChI is InChI=1S/C18H17F3N6O/c19-18(20,21)15-9-25-12(8-26-15)10-27-16-14(23-5-6-24-16)7-13(17(27)28)11-1-3-22-4-2-11/h5-9,11,22H,1-4,10H2. The lowest BCUT2D eigenvalue weighted by Crippen LogP contribution is -2.32. The van der Waals surface area contributed by atoms with Crippen LogP contribution in [0.2, 0.25) is 0 Å². The molecular formula is C18H17F3N6O. The molecule has 1 N–H and O–H groups in total. The molecule has 3 aromatic rings. The molecule has 0 aromatic carbocycles. The summed E-state index contributed by atoms with van der Waals surface area (Å²) in [6.07, 6.45) is 1.83. The zero-order valence-electron chi connectivity index (χ0n) is 14.8. The second-order valence-electron chi connectivity index (χ2n) is 6.67. The molecule has 0 amide bonds. The Balaban J connectivity index is 1.77. The summed E-state index contributed by atoms with van der Waals surface area (Å²) in [5.41, 5.74) is 0.527. The monoisotopic (exact) mass is 390 g/mol. The van der Waals surface area contributed by atoms with Gasteiger partial charge in [-0.05, 0) is 37.9 Å². The number of rotatable bonds is 3. The summed E-state index contributed by atoms with van der Waals surface area (Å²) in [5, 5.41) is 3.27. The van der Waals surface area contributed by atoms with Crippen LogP contribution in [-0.4, -0.2) is 37.6 Å². The summed E-state index contributed by atoms with van der Waals surface area (Å²) in [6.45, 7) is 1.62. The van der Waals surface area contributed by atoms with Crippen LogP contribution in [0.15, 0.2) is 35.6 Å². The number of nitrogens with zero attached hydrogens (tertiary/aromatic N) is 5. The van der Waals surface area contributed by atoms with Gasteiger partial charge in [0.1, 0.15) is 5.52 Å². The Kier molecular flexibility index (Phi) is 4.80. The zero-order valence-corrected chi connectivity index (χ0v) is 14.8. The van der Waals surface area contributed by atoms with Crippen LogP contribution in [0.1, 0.15) is 35.7 Å². The first-order chi connectivity index (χ1) is 13.4. The van der Waals surface area contributed by atoms with Crippen molar-refractivity contribution in [2.45, 2.75) is 31.5 Å². The van der Waals surface area contributed by atoms with E-state index in [1.165, 1.54) is 10.8 Å². The van der Waals surface area contributed by atoms with Crippen molar-refractivity contribution in [3.05, 3.63) is 58.2 Å². The largest absolute Gasteiger partial charge is 0.434 e. The van der Waals surface area contributed by atoms with Crippen LogP contribution in [-0.2, 0) is 12.7 Å². The molecule has 0 unspecified atom stereocenters. The summed E-state index contributed by atoms with van der Waals surface area (Å²) < 4.78 is 39.5. The molecule has 10 heteroatoms. The number of piperidine rings is 1. The van der Waals surface area contributed by atoms with Crippen molar-refractivity contribution in [2.75, 3.05) is 13.1 Å². The number of halogens is 3. The Morgan fingerprint density at radius 3 is 2.50 bits per heavy atom. The van der Waals surface area contributed by atoms with Crippen molar-refractivity contribution in [3.63, 3.8) is 0 Å². The third-order valence-corrected chi connectivity index (χ3v) is 4.84. The first kappa shape index (κ1) is 18.5. The van der Waals surface area contributed by atoms with Crippen molar-refractivity contribution < 1.29 is 13.2 Å². The SMILES string of the molecule is O=c1c(C2CCNCC2)cc2nccnc2n1Cc1cnc(C(F)(F)F)cn1. The maximum atomic E-state index is 13.2. The fraction of sp³-hybridized carbons (Fsp3) is 0.389. The highest BCUT2D eigenvalue weighted by Crippen LogP contribution is 2.27. The van der Waals surface area contributed by atoms with Gasteiger partial charge in [-0.1, -0.05) is 0 Å². The van der Waals surface area contributed by atoms with Crippen LogP contribution in [0.3, 0.4) is 0 Å². The van der Waals surface area contributed by atoms with E-state index in [0.717, 1.165) is 32.1 Å². The van der Waals surface area contributed by atoms with Crippen molar-refractivity contribution in [1.82, 2.24) is 29.8 Å². The number of aromatic nitrogens is 5. The van der Waals surface area contributed by atoms with Gasteiger partial charge >= 0.3 is 6.18 Å². The Labute approximate surface area is 157 Å². The number of fused-ring (bicyclic) bond motifs is 1. The molecule has 1 fully saturated rings. The van der Waals surface area contributed by atoms with E-state index in [0.29, 0.717) is 22.9 Å². The van der Waals surface area contributed by atoms with E-state index in [1.807, 2.05) is 0 Å². The van der Waals surface area contributed by atoms with Gasteiger partial charge in [-0.2, -0.15) is 13.2 Å². The third-order valence-electron chi connectivity index (χ3n) is 4.84. The number of alkyl halides is 3. The van der Waals surface area contributed by atoms with Crippen LogP contribution in [0, 0.1) is 0 Å². The highest BCUT2D eigenvalue weighted by molar-refractivity contribution is 5.70. The van der Waals surface area contributed by atoms with Crippen LogP contribution in [0.4, 0.5) is 13.2 Å². The normalized spacial score (nSPS) is 15.8. The number of nitrogens with one attached hydrogen (secondary N) is 1. The second-order valence-corrected chi connectivity index (χ2v) is 6.67. The molecule has 3 aromatic heterocycles. The Hall–Kier alpha value is -2.88. The van der Waals surface area contributed by atoms with Gasteiger partial charge in [0.05, 0.1) is 24.6 Å². The smallest absolute Gasteiger partial charge is 0.317 e. The molecule has 7 nitrogen and oxygen atoms in total. The molecule has 4 heterocycles. The van der Waals surface area contributed by atoms with E-state index >= 15 is 0 Å². The lowest BCUT2D eigenvalue weighted by atomic mass is 9.91. The minimum absolute atomic E-state index is 0.0298. The Morgan fingerprint density at radius 2 is 1.82 bits per heavy atom. The predicted octanol–water partition coefficient (Wildman–Crippen LogP) is 2.12. The van der Waals surface area contributed by atoms with Crippen LogP contribution < -0.4 is 10.9 Å². The lowest BCUT2D eigenvalue weighted by molar-refractivity contribution is -0.141. The van der Waals surface area contributed by atoms with E-state index in [4.69, 9.17) is 0 Å². The molecule has 1 aliphatic rings. The Morgan fingerprint density at radius 1 is 1.07 bits per heavy atom. The average molecular weight is 390 g/mol. The van der Waals surface area contributed by atoms with Crippen molar-refractivity contribution in [3.8, 4) is 0 Å². The maximum Gasteiger partial charge on any atom is 0.434 e. The summed E-state index contributed by atoms with van der Waals surface area (Å²) in [6, 6.07) is 1.77. The molecule has 4 rings (SSSR count). The molecule has 0 bridgehead atoms. The first-order valence-electron chi connectivity index (χ1n) is 8.87. The topological polar surface area (TPSA) is 85.6 Å². The minimum Gasteiger partial charge on any atom is -0.317 e. The van der Waals surface area contributed by atoms with Gasteiger partial charge in [0, 0.05) is 18.0 Å². The lowest BCUT2D eigenvalue weighted by Gasteiger charge is -2.23. The Bertz CT molecular complexity index is 1040. The minimum atomic E-state index is -4.56. The van der Waals surface area contributed by atoms with Crippen molar-refractivity contribution in [2.24, 2.45) is 0 Å². The van der Waals surface area contributed by atoms with Gasteiger partial charge in [-0.15, -0.1) is 0 Å². The summed E-state index contributed by atoms with van der Waals surface area (Å²) in [7, 11) is 0. The van der Waals surface area contributed by atoms with Gasteiger partial charge in [-0.25, -0.2) is 9.97 Å². The van der Waals surface area contributed by atoms with Gasteiger partial charge in [0.2, 0.25) is 0 Å². The van der Waals surface area contributed by atoms with Gasteiger partial charge in [-0.3, -0.25) is 19.3 Å². The third kappa shape index (κ3) is 3.59. The zero-order chi connectivity index (χ0) is 19.7. The molecule has 0 saturated carbocycles. The molecule has 0 radical (unpaired) electrons. The summed E-state index contributed by atoms with van der Waals surface area (Å²) in [5.74, 6) is 0.102. The van der Waals surface area contributed by atoms with Crippen LogP contribution in [0.5, 0.6) is 0 Å². The fourth-order valence-electron chi connectivity index (χ4n) is 3.43. The van der Waals surface area contributed by atoms with Crippen LogP contribution >= 0.6 is 0 Å². The summed E-state index contributed by atoms with van der Waals surface area (Å²) in [4.78, 5) is 29.0. The fourth-order valence-corrected chi connectivity index (χ4v) is 3.43. The summed E-state index contributed by atoms with van der Waals surface area (Å²) >= 11 is 0. The highest BCUT2D eigenvalue weighted by atomic mass is 19.4. The number of hydrogen-bond donors (Lipinski definition) is 1. The van der Waals surface area contributed by atoms with E-state index in [-0.39, 0.29) is 23.7 Å². The highest BCUT2D eigenvalue weighted by Gasteiger charge is 2.32. The van der Waals surface area contributed by atoms with E-state index in [1.54, 1.807) is 12.3 Å². The number of hydrogen-bond acceptors (Lipinski definition) is 6. The van der Waals surface area contributed by atoms with Gasteiger partial charge < -0.3 is 5.32 Å². The van der Waals surface area contributed by atoms with Crippen molar-refractivity contribution >= 4 is 11.2 Å². The molecule has 1 saturated heterocycles. The second kappa shape index (κ2) is 7.27. The molecule has 0 atom stereocenters. The van der Waals surface area contributed by atoms with Gasteiger partial charge in [0.25, 0.3) is 5.56 Å². The molecule has 28 heavy (non-hydrogen) atoms. The molecule has 0 aliphatic carbocycles. The van der Waals surface area contributed by atoms with E-state index in [2.05, 4.69) is 25.3 Å². The van der Waals surface area contributed by atoms with Crippen LogP contribution in [0.25, 0.3) is 11.2 Å². The first-order valence-corrected chi connectivity index (χ1v) is 8.87. The quantitative estimate of drug-likeness (QED) is 0.737.